The molecule has 23 heavy (non-hydrogen) atoms. The Morgan fingerprint density at radius 3 is 2.61 bits per heavy atom. The molecule has 7 heteroatoms. The molecule has 1 aromatic heterocycles. The first kappa shape index (κ1) is 17.5. The largest absolute Gasteiger partial charge is 0.345 e. The molecule has 0 fully saturated rings. The summed E-state index contributed by atoms with van der Waals surface area (Å²) >= 11 is 0. The SMILES string of the molecule is CC[C@@H](C)[C@@H](NC(=O)CS(=O)(=O)CC)c1nc2ccccc2[nH]1. The molecule has 0 bridgehead atoms. The Morgan fingerprint density at radius 1 is 1.30 bits per heavy atom. The fraction of sp³-hybridized carbons (Fsp3) is 0.500. The van der Waals surface area contributed by atoms with Crippen LogP contribution in [-0.2, 0) is 14.6 Å². The highest BCUT2D eigenvalue weighted by atomic mass is 32.2. The second kappa shape index (κ2) is 7.12. The van der Waals surface area contributed by atoms with Crippen LogP contribution in [0.1, 0.15) is 39.1 Å². The first-order chi connectivity index (χ1) is 10.9. The number of rotatable bonds is 7. The van der Waals surface area contributed by atoms with Crippen molar-refractivity contribution in [1.29, 1.82) is 0 Å². The molecule has 1 amide bonds. The minimum absolute atomic E-state index is 0.0426. The summed E-state index contributed by atoms with van der Waals surface area (Å²) in [5.74, 6) is -0.236. The zero-order valence-electron chi connectivity index (χ0n) is 13.7. The molecule has 0 radical (unpaired) electrons. The van der Waals surface area contributed by atoms with E-state index < -0.39 is 21.5 Å². The van der Waals surface area contributed by atoms with E-state index in [0.29, 0.717) is 5.82 Å². The Hall–Kier alpha value is -1.89. The molecule has 126 valence electrons. The third-order valence-electron chi connectivity index (χ3n) is 4.02. The van der Waals surface area contributed by atoms with Crippen molar-refractivity contribution in [3.05, 3.63) is 30.1 Å². The van der Waals surface area contributed by atoms with Gasteiger partial charge in [-0.2, -0.15) is 0 Å². The van der Waals surface area contributed by atoms with Crippen molar-refractivity contribution in [3.63, 3.8) is 0 Å². The van der Waals surface area contributed by atoms with E-state index >= 15 is 0 Å². The number of aromatic nitrogens is 2. The van der Waals surface area contributed by atoms with Crippen LogP contribution in [0.5, 0.6) is 0 Å². The molecule has 2 atom stereocenters. The maximum Gasteiger partial charge on any atom is 0.235 e. The lowest BCUT2D eigenvalue weighted by Crippen LogP contribution is -2.37. The van der Waals surface area contributed by atoms with Gasteiger partial charge < -0.3 is 10.3 Å². The lowest BCUT2D eigenvalue weighted by Gasteiger charge is -2.22. The molecule has 0 aliphatic carbocycles. The molecule has 0 saturated heterocycles. The first-order valence-corrected chi connectivity index (χ1v) is 9.62. The van der Waals surface area contributed by atoms with E-state index in [1.807, 2.05) is 38.1 Å². The van der Waals surface area contributed by atoms with Crippen molar-refractivity contribution in [3.8, 4) is 0 Å². The van der Waals surface area contributed by atoms with Gasteiger partial charge in [-0.1, -0.05) is 39.3 Å². The molecule has 1 heterocycles. The van der Waals surface area contributed by atoms with Crippen LogP contribution in [0.3, 0.4) is 0 Å². The monoisotopic (exact) mass is 337 g/mol. The van der Waals surface area contributed by atoms with E-state index in [-0.39, 0.29) is 17.7 Å². The molecular weight excluding hydrogens is 314 g/mol. The number of imidazole rings is 1. The van der Waals surface area contributed by atoms with E-state index in [9.17, 15) is 13.2 Å². The number of H-pyrrole nitrogens is 1. The number of carbonyl (C=O) groups is 1. The van der Waals surface area contributed by atoms with E-state index in [0.717, 1.165) is 17.5 Å². The Bertz CT molecular complexity index is 750. The van der Waals surface area contributed by atoms with Gasteiger partial charge in [0.2, 0.25) is 5.91 Å². The van der Waals surface area contributed by atoms with Gasteiger partial charge in [0.1, 0.15) is 11.6 Å². The van der Waals surface area contributed by atoms with Gasteiger partial charge in [-0.3, -0.25) is 4.79 Å². The summed E-state index contributed by atoms with van der Waals surface area (Å²) in [5.41, 5.74) is 1.72. The van der Waals surface area contributed by atoms with Crippen LogP contribution < -0.4 is 5.32 Å². The lowest BCUT2D eigenvalue weighted by molar-refractivity contribution is -0.119. The summed E-state index contributed by atoms with van der Waals surface area (Å²) in [6, 6.07) is 7.29. The number of nitrogens with one attached hydrogen (secondary N) is 2. The van der Waals surface area contributed by atoms with Crippen molar-refractivity contribution in [2.24, 2.45) is 5.92 Å². The van der Waals surface area contributed by atoms with Crippen LogP contribution in [0.25, 0.3) is 11.0 Å². The van der Waals surface area contributed by atoms with Gasteiger partial charge >= 0.3 is 0 Å². The smallest absolute Gasteiger partial charge is 0.235 e. The van der Waals surface area contributed by atoms with Crippen LogP contribution in [0.15, 0.2) is 24.3 Å². The maximum atomic E-state index is 12.1. The number of amides is 1. The summed E-state index contributed by atoms with van der Waals surface area (Å²) < 4.78 is 23.2. The number of hydrogen-bond acceptors (Lipinski definition) is 4. The van der Waals surface area contributed by atoms with Crippen LogP contribution in [-0.4, -0.2) is 35.8 Å². The molecule has 0 saturated carbocycles. The number of fused-ring (bicyclic) bond motifs is 1. The maximum absolute atomic E-state index is 12.1. The summed E-state index contributed by atoms with van der Waals surface area (Å²) in [6.07, 6.45) is 0.836. The number of para-hydroxylation sites is 2. The first-order valence-electron chi connectivity index (χ1n) is 7.80. The van der Waals surface area contributed by atoms with Crippen molar-refractivity contribution in [2.75, 3.05) is 11.5 Å². The fourth-order valence-electron chi connectivity index (χ4n) is 2.35. The zero-order chi connectivity index (χ0) is 17.0. The molecule has 2 aromatic rings. The summed E-state index contributed by atoms with van der Waals surface area (Å²) in [4.78, 5) is 19.9. The van der Waals surface area contributed by atoms with Gasteiger partial charge in [0.05, 0.1) is 17.1 Å². The number of benzene rings is 1. The highest BCUT2D eigenvalue weighted by molar-refractivity contribution is 7.92. The normalized spacial score (nSPS) is 14.6. The van der Waals surface area contributed by atoms with Crippen molar-refractivity contribution in [1.82, 2.24) is 15.3 Å². The summed E-state index contributed by atoms with van der Waals surface area (Å²) in [5, 5.41) is 2.82. The van der Waals surface area contributed by atoms with E-state index in [2.05, 4.69) is 15.3 Å². The van der Waals surface area contributed by atoms with E-state index in [1.165, 1.54) is 6.92 Å². The Morgan fingerprint density at radius 2 is 2.00 bits per heavy atom. The van der Waals surface area contributed by atoms with Crippen molar-refractivity contribution >= 4 is 26.8 Å². The molecule has 0 unspecified atom stereocenters. The molecule has 0 spiro atoms. The number of aromatic amines is 1. The topological polar surface area (TPSA) is 91.9 Å². The lowest BCUT2D eigenvalue weighted by atomic mass is 9.98. The predicted octanol–water partition coefficient (Wildman–Crippen LogP) is 2.20. The number of nitrogens with zero attached hydrogens (tertiary/aromatic N) is 1. The minimum atomic E-state index is -3.35. The number of sulfone groups is 1. The summed E-state index contributed by atoms with van der Waals surface area (Å²) in [6.45, 7) is 5.57. The van der Waals surface area contributed by atoms with Gasteiger partial charge in [-0.05, 0) is 18.1 Å². The van der Waals surface area contributed by atoms with E-state index in [4.69, 9.17) is 0 Å². The van der Waals surface area contributed by atoms with Gasteiger partial charge in [0, 0.05) is 5.75 Å². The molecule has 2 rings (SSSR count). The molecule has 1 aromatic carbocycles. The Balaban J connectivity index is 2.25. The fourth-order valence-corrected chi connectivity index (χ4v) is 3.04. The van der Waals surface area contributed by atoms with Crippen LogP contribution in [0.4, 0.5) is 0 Å². The van der Waals surface area contributed by atoms with Gasteiger partial charge in [0.25, 0.3) is 0 Å². The summed E-state index contributed by atoms with van der Waals surface area (Å²) in [7, 11) is -3.35. The molecule has 0 aliphatic rings. The van der Waals surface area contributed by atoms with Gasteiger partial charge in [0.15, 0.2) is 9.84 Å². The van der Waals surface area contributed by atoms with Crippen LogP contribution in [0.2, 0.25) is 0 Å². The standard InChI is InChI=1S/C16H23N3O3S/c1-4-11(3)15(19-14(20)10-23(21,22)5-2)16-17-12-8-6-7-9-13(12)18-16/h6-9,11,15H,4-5,10H2,1-3H3,(H,17,18)(H,19,20)/t11-,15-/m1/s1. The highest BCUT2D eigenvalue weighted by Crippen LogP contribution is 2.24. The second-order valence-electron chi connectivity index (χ2n) is 5.75. The number of hydrogen-bond donors (Lipinski definition) is 2. The quantitative estimate of drug-likeness (QED) is 0.810. The van der Waals surface area contributed by atoms with Crippen molar-refractivity contribution in [2.45, 2.75) is 33.2 Å². The van der Waals surface area contributed by atoms with Crippen LogP contribution in [0, 0.1) is 5.92 Å². The second-order valence-corrected chi connectivity index (χ2v) is 8.10. The predicted molar refractivity (Wildman–Crippen MR) is 90.8 cm³/mol. The van der Waals surface area contributed by atoms with Gasteiger partial charge in [-0.15, -0.1) is 0 Å². The Labute approximate surface area is 136 Å². The molecule has 2 N–H and O–H groups in total. The third kappa shape index (κ3) is 4.31. The Kier molecular flexibility index (Phi) is 5.41. The average Bonchev–Trinajstić information content (AvgIpc) is 2.95. The highest BCUT2D eigenvalue weighted by Gasteiger charge is 2.25. The minimum Gasteiger partial charge on any atom is -0.345 e. The number of carbonyl (C=O) groups excluding carboxylic acids is 1. The average molecular weight is 337 g/mol. The molecule has 6 nitrogen and oxygen atoms in total. The van der Waals surface area contributed by atoms with E-state index in [1.54, 1.807) is 0 Å². The molecule has 0 aliphatic heterocycles. The van der Waals surface area contributed by atoms with Crippen LogP contribution >= 0.6 is 0 Å². The third-order valence-corrected chi connectivity index (χ3v) is 5.60. The zero-order valence-corrected chi connectivity index (χ0v) is 14.5. The van der Waals surface area contributed by atoms with Gasteiger partial charge in [-0.25, -0.2) is 13.4 Å². The molecular formula is C16H23N3O3S. The van der Waals surface area contributed by atoms with Crippen molar-refractivity contribution < 1.29 is 13.2 Å².